The van der Waals surface area contributed by atoms with E-state index >= 15 is 0 Å². The highest BCUT2D eigenvalue weighted by atomic mass is 32.2. The van der Waals surface area contributed by atoms with Gasteiger partial charge < -0.3 is 30.0 Å². The van der Waals surface area contributed by atoms with Gasteiger partial charge in [-0.15, -0.1) is 11.8 Å². The number of phenols is 1. The van der Waals surface area contributed by atoms with E-state index in [1.807, 2.05) is 13.8 Å². The summed E-state index contributed by atoms with van der Waals surface area (Å²) in [5.41, 5.74) is 3.92. The zero-order valence-corrected chi connectivity index (χ0v) is 27.9. The van der Waals surface area contributed by atoms with Crippen LogP contribution in [0.5, 0.6) is 23.0 Å². The van der Waals surface area contributed by atoms with Crippen LogP contribution in [-0.2, 0) is 0 Å². The van der Waals surface area contributed by atoms with Crippen LogP contribution in [-0.4, -0.2) is 58.0 Å². The van der Waals surface area contributed by atoms with Gasteiger partial charge in [0.25, 0.3) is 0 Å². The second kappa shape index (κ2) is 11.1. The number of allylic oxidation sites excluding steroid dienone is 1. The smallest absolute Gasteiger partial charge is 0.212 e. The van der Waals surface area contributed by atoms with Crippen molar-refractivity contribution in [1.29, 1.82) is 0 Å². The number of anilines is 2. The maximum Gasteiger partial charge on any atom is 0.212 e. The van der Waals surface area contributed by atoms with Gasteiger partial charge in [0.15, 0.2) is 16.9 Å². The van der Waals surface area contributed by atoms with Crippen LogP contribution >= 0.6 is 11.8 Å². The van der Waals surface area contributed by atoms with Crippen LogP contribution in [0.3, 0.4) is 0 Å². The minimum atomic E-state index is -0.407. The molecule has 46 heavy (non-hydrogen) atoms. The van der Waals surface area contributed by atoms with Gasteiger partial charge in [0.05, 0.1) is 48.4 Å². The van der Waals surface area contributed by atoms with Crippen LogP contribution in [0.1, 0.15) is 50.7 Å². The molecule has 0 saturated carbocycles. The maximum atomic E-state index is 14.9. The molecule has 7 rings (SSSR count). The SMILES string of the molecule is CCCCNc1c2c3c4c(c(OC)c(O)c5c(=O)cc(OC)c(c6c(OC)c7c(c(c1=O)c36)NCCS7)c54)C(C(C)=NC)C(C)=C2. The van der Waals surface area contributed by atoms with Gasteiger partial charge in [-0.3, -0.25) is 14.6 Å². The van der Waals surface area contributed by atoms with Crippen LogP contribution in [0.2, 0.25) is 0 Å². The van der Waals surface area contributed by atoms with E-state index in [0.717, 1.165) is 62.2 Å². The van der Waals surface area contributed by atoms with Crippen molar-refractivity contribution < 1.29 is 19.3 Å². The van der Waals surface area contributed by atoms with Gasteiger partial charge in [0, 0.05) is 81.6 Å². The fraction of sp³-hybridized carbons (Fsp3) is 0.361. The van der Waals surface area contributed by atoms with Crippen LogP contribution in [0.4, 0.5) is 11.4 Å². The molecular formula is C36H37N3O6S. The number of rotatable bonds is 8. The van der Waals surface area contributed by atoms with Gasteiger partial charge >= 0.3 is 0 Å². The number of fused-ring (bicyclic) bond motifs is 3. The van der Waals surface area contributed by atoms with Crippen molar-refractivity contribution in [2.75, 3.05) is 57.9 Å². The number of hydrogen-bond acceptors (Lipinski definition) is 10. The van der Waals surface area contributed by atoms with Gasteiger partial charge in [-0.05, 0) is 25.7 Å². The molecule has 0 bridgehead atoms. The third-order valence-corrected chi connectivity index (χ3v) is 10.7. The molecule has 10 heteroatoms. The molecule has 3 N–H and O–H groups in total. The van der Waals surface area contributed by atoms with E-state index in [-0.39, 0.29) is 22.3 Å². The average molecular weight is 640 g/mol. The molecule has 0 radical (unpaired) electrons. The van der Waals surface area contributed by atoms with E-state index in [1.165, 1.54) is 20.3 Å². The average Bonchev–Trinajstić information content (AvgIpc) is 3.19. The Balaban J connectivity index is 1.95. The fourth-order valence-corrected chi connectivity index (χ4v) is 8.74. The Hall–Kier alpha value is -4.44. The van der Waals surface area contributed by atoms with E-state index in [1.54, 1.807) is 25.9 Å². The molecular weight excluding hydrogens is 602 g/mol. The summed E-state index contributed by atoms with van der Waals surface area (Å²) in [6, 6.07) is 1.40. The van der Waals surface area contributed by atoms with Crippen LogP contribution in [0.25, 0.3) is 49.2 Å². The minimum Gasteiger partial charge on any atom is -0.504 e. The summed E-state index contributed by atoms with van der Waals surface area (Å²) in [5, 5.41) is 23.8. The van der Waals surface area contributed by atoms with E-state index in [2.05, 4.69) is 28.6 Å². The van der Waals surface area contributed by atoms with Gasteiger partial charge in [0.2, 0.25) is 5.43 Å². The molecule has 0 fully saturated rings. The van der Waals surface area contributed by atoms with Gasteiger partial charge in [0.1, 0.15) is 11.5 Å². The molecule has 0 aromatic heterocycles. The summed E-state index contributed by atoms with van der Waals surface area (Å²) in [5.74, 6) is 1.31. The van der Waals surface area contributed by atoms with Crippen molar-refractivity contribution in [2.24, 2.45) is 4.99 Å². The molecule has 1 heterocycles. The van der Waals surface area contributed by atoms with E-state index in [4.69, 9.17) is 14.2 Å². The molecule has 0 spiro atoms. The summed E-state index contributed by atoms with van der Waals surface area (Å²) < 4.78 is 18.1. The topological polar surface area (TPSA) is 118 Å². The number of benzene rings is 5. The zero-order chi connectivity index (χ0) is 32.6. The lowest BCUT2D eigenvalue weighted by Crippen LogP contribution is -2.19. The number of aromatic hydroxyl groups is 1. The number of nitrogens with one attached hydrogen (secondary N) is 2. The number of unbranched alkanes of at least 4 members (excludes halogenated alkanes) is 1. The number of thioether (sulfide) groups is 1. The first-order chi connectivity index (χ1) is 22.2. The Morgan fingerprint density at radius 3 is 2.43 bits per heavy atom. The Morgan fingerprint density at radius 1 is 1.02 bits per heavy atom. The van der Waals surface area contributed by atoms with Crippen molar-refractivity contribution >= 4 is 78.0 Å². The molecule has 1 atom stereocenters. The lowest BCUT2D eigenvalue weighted by Gasteiger charge is -2.28. The number of nitrogens with zero attached hydrogens (tertiary/aromatic N) is 1. The number of hydrogen-bond donors (Lipinski definition) is 3. The first-order valence-corrected chi connectivity index (χ1v) is 16.6. The zero-order valence-electron chi connectivity index (χ0n) is 27.1. The first-order valence-electron chi connectivity index (χ1n) is 15.6. The number of aliphatic imine (C=N–C) groups is 1. The maximum absolute atomic E-state index is 14.9. The molecule has 5 aromatic rings. The lowest BCUT2D eigenvalue weighted by molar-refractivity contribution is 0.373. The predicted octanol–water partition coefficient (Wildman–Crippen LogP) is 6.95. The highest BCUT2D eigenvalue weighted by Crippen LogP contribution is 2.59. The van der Waals surface area contributed by atoms with E-state index in [0.29, 0.717) is 57.4 Å². The standard InChI is InChI=1S/C36H37N3O6S/c1-8-9-10-38-30-17-13-15(2)20(16(3)37-4)27-24-21(17)25-28(35(45-7)36-31(29(25)32(30)41)39-11-12-46-36)23-19(43-5)14-18(40)22(26(23)24)33(42)34(27)44-6/h13-14,20,38-39,42H,8-12H2,1-7H3. The van der Waals surface area contributed by atoms with Gasteiger partial charge in [-0.1, -0.05) is 25.0 Å². The van der Waals surface area contributed by atoms with E-state index in [9.17, 15) is 14.7 Å². The molecule has 238 valence electrons. The van der Waals surface area contributed by atoms with Crippen molar-refractivity contribution in [2.45, 2.75) is 44.4 Å². The minimum absolute atomic E-state index is 0.102. The molecule has 1 aliphatic carbocycles. The van der Waals surface area contributed by atoms with Crippen LogP contribution in [0.15, 0.2) is 31.1 Å². The van der Waals surface area contributed by atoms with Crippen LogP contribution < -0.4 is 35.7 Å². The van der Waals surface area contributed by atoms with Gasteiger partial charge in [-0.2, -0.15) is 0 Å². The van der Waals surface area contributed by atoms with Crippen LogP contribution in [0, 0.1) is 0 Å². The molecule has 9 nitrogen and oxygen atoms in total. The molecule has 0 amide bonds. The monoisotopic (exact) mass is 639 g/mol. The fourth-order valence-electron chi connectivity index (χ4n) is 7.69. The number of ether oxygens (including phenoxy) is 3. The third-order valence-electron chi connectivity index (χ3n) is 9.62. The normalized spacial score (nSPS) is 16.2. The largest absolute Gasteiger partial charge is 0.504 e. The summed E-state index contributed by atoms with van der Waals surface area (Å²) in [6.07, 6.45) is 3.92. The summed E-state index contributed by atoms with van der Waals surface area (Å²) in [6.45, 7) is 7.40. The van der Waals surface area contributed by atoms with Crippen molar-refractivity contribution in [3.63, 3.8) is 0 Å². The Bertz CT molecular complexity index is 2280. The second-order valence-electron chi connectivity index (χ2n) is 12.0. The molecule has 1 aliphatic heterocycles. The second-order valence-corrected chi connectivity index (χ2v) is 13.1. The van der Waals surface area contributed by atoms with E-state index < -0.39 is 11.3 Å². The molecule has 0 saturated heterocycles. The van der Waals surface area contributed by atoms with Crippen molar-refractivity contribution in [1.82, 2.24) is 0 Å². The number of phenolic OH excluding ortho intramolecular Hbond substituents is 1. The van der Waals surface area contributed by atoms with Gasteiger partial charge in [-0.25, -0.2) is 0 Å². The summed E-state index contributed by atoms with van der Waals surface area (Å²) in [4.78, 5) is 34.3. The Kier molecular flexibility index (Phi) is 7.31. The third kappa shape index (κ3) is 3.85. The predicted molar refractivity (Wildman–Crippen MR) is 191 cm³/mol. The quantitative estimate of drug-likeness (QED) is 0.0718. The summed E-state index contributed by atoms with van der Waals surface area (Å²) in [7, 11) is 6.40. The molecule has 5 aromatic carbocycles. The Labute approximate surface area is 270 Å². The van der Waals surface area contributed by atoms with Crippen molar-refractivity contribution in [3.8, 4) is 23.0 Å². The first kappa shape index (κ1) is 30.2. The summed E-state index contributed by atoms with van der Waals surface area (Å²) >= 11 is 1.63. The Morgan fingerprint density at radius 2 is 1.76 bits per heavy atom. The molecule has 2 aliphatic rings. The lowest BCUT2D eigenvalue weighted by atomic mass is 9.80. The van der Waals surface area contributed by atoms with Crippen molar-refractivity contribution in [3.05, 3.63) is 43.2 Å². The highest BCUT2D eigenvalue weighted by molar-refractivity contribution is 7.99. The highest BCUT2D eigenvalue weighted by Gasteiger charge is 2.37. The molecule has 1 unspecified atom stereocenters. The number of methoxy groups -OCH3 is 3.